The molecule has 1 aromatic rings. The Balaban J connectivity index is 2.36. The lowest BCUT2D eigenvalue weighted by molar-refractivity contribution is -0.0656. The predicted octanol–water partition coefficient (Wildman–Crippen LogP) is 3.65. The van der Waals surface area contributed by atoms with Gasteiger partial charge in [-0.1, -0.05) is 0 Å². The van der Waals surface area contributed by atoms with Crippen LogP contribution in [-0.4, -0.2) is 65.9 Å². The zero-order valence-corrected chi connectivity index (χ0v) is 22.9. The average Bonchev–Trinajstić information content (AvgIpc) is 2.80. The average molecular weight is 530 g/mol. The van der Waals surface area contributed by atoms with Crippen LogP contribution < -0.4 is 11.2 Å². The summed E-state index contributed by atoms with van der Waals surface area (Å²) in [6.45, 7) is 8.75. The summed E-state index contributed by atoms with van der Waals surface area (Å²) in [7, 11) is 0.393. The third-order valence-electron chi connectivity index (χ3n) is 5.24. The van der Waals surface area contributed by atoms with Crippen molar-refractivity contribution >= 4 is 16.9 Å². The topological polar surface area (TPSA) is 128 Å². The van der Waals surface area contributed by atoms with Crippen LogP contribution >= 0.6 is 16.9 Å². The summed E-state index contributed by atoms with van der Waals surface area (Å²) in [6, 6.07) is 3.33. The molecule has 0 bridgehead atoms. The molecule has 4 unspecified atom stereocenters. The van der Waals surface area contributed by atoms with E-state index in [1.807, 2.05) is 11.9 Å². The predicted molar refractivity (Wildman–Crippen MR) is 135 cm³/mol. The summed E-state index contributed by atoms with van der Waals surface area (Å²) < 4.78 is 33.0. The van der Waals surface area contributed by atoms with Crippen molar-refractivity contribution in [2.75, 3.05) is 27.4 Å². The summed E-state index contributed by atoms with van der Waals surface area (Å²) in [6.07, 6.45) is 3.11. The molecule has 0 amide bonds. The minimum absolute atomic E-state index is 0.133. The number of H-pyrrole nitrogens is 1. The van der Waals surface area contributed by atoms with E-state index >= 15 is 0 Å². The molecule has 1 aliphatic rings. The van der Waals surface area contributed by atoms with E-state index in [0.717, 1.165) is 0 Å². The van der Waals surface area contributed by atoms with Gasteiger partial charge in [-0.05, 0) is 39.6 Å². The Morgan fingerprint density at radius 3 is 2.54 bits per heavy atom. The monoisotopic (exact) mass is 530 g/mol. The van der Waals surface area contributed by atoms with E-state index in [0.29, 0.717) is 6.42 Å². The molecule has 1 aromatic heterocycles. The largest absolute Gasteiger partial charge is 0.369 e. The first-order valence-electron chi connectivity index (χ1n) is 11.5. The molecule has 0 aromatic carbocycles. The fourth-order valence-electron chi connectivity index (χ4n) is 3.75. The van der Waals surface area contributed by atoms with Gasteiger partial charge in [-0.3, -0.25) is 14.3 Å². The van der Waals surface area contributed by atoms with E-state index in [9.17, 15) is 9.59 Å². The molecule has 1 saturated heterocycles. The first kappa shape index (κ1) is 29.8. The van der Waals surface area contributed by atoms with Crippen LogP contribution in [0.3, 0.4) is 0 Å². The number of aromatic nitrogens is 2. The maximum atomic E-state index is 12.4. The van der Waals surface area contributed by atoms with Crippen molar-refractivity contribution in [1.29, 1.82) is 5.26 Å². The summed E-state index contributed by atoms with van der Waals surface area (Å²) in [5.41, 5.74) is -0.956. The number of ether oxygens (including phenoxy) is 1. The highest BCUT2D eigenvalue weighted by atomic mass is 31.2. The van der Waals surface area contributed by atoms with E-state index in [1.165, 1.54) is 16.8 Å². The minimum Gasteiger partial charge on any atom is -0.369 e. The van der Waals surface area contributed by atoms with Crippen molar-refractivity contribution in [1.82, 2.24) is 14.2 Å². The quantitative estimate of drug-likeness (QED) is 0.300. The summed E-state index contributed by atoms with van der Waals surface area (Å²) in [5, 5.41) is 8.99. The van der Waals surface area contributed by atoms with Gasteiger partial charge in [0.2, 0.25) is 0 Å². The molecule has 1 N–H and O–H groups in total. The molecule has 0 spiro atoms. The van der Waals surface area contributed by atoms with Gasteiger partial charge in [0, 0.05) is 45.0 Å². The summed E-state index contributed by atoms with van der Waals surface area (Å²) in [4.78, 5) is 26.2. The third-order valence-corrected chi connectivity index (χ3v) is 8.53. The first-order valence-corrected chi connectivity index (χ1v) is 13.8. The molecule has 0 radical (unpaired) electrons. The Morgan fingerprint density at radius 1 is 1.29 bits per heavy atom. The van der Waals surface area contributed by atoms with Crippen molar-refractivity contribution in [2.24, 2.45) is 0 Å². The maximum absolute atomic E-state index is 12.4. The zero-order valence-electron chi connectivity index (χ0n) is 21.1. The molecule has 1 aliphatic heterocycles. The molecule has 2 heterocycles. The van der Waals surface area contributed by atoms with Gasteiger partial charge in [-0.2, -0.15) is 5.26 Å². The number of nitrogens with zero attached hydrogens (tertiary/aromatic N) is 3. The van der Waals surface area contributed by atoms with E-state index in [-0.39, 0.29) is 37.8 Å². The van der Waals surface area contributed by atoms with Crippen LogP contribution in [0.1, 0.15) is 46.6 Å². The van der Waals surface area contributed by atoms with Crippen LogP contribution in [0.25, 0.3) is 0 Å². The number of nitrogens with one attached hydrogen (secondary N) is 1. The van der Waals surface area contributed by atoms with Gasteiger partial charge in [0.25, 0.3) is 14.1 Å². The molecule has 196 valence electrons. The van der Waals surface area contributed by atoms with Gasteiger partial charge in [0.05, 0.1) is 37.8 Å². The van der Waals surface area contributed by atoms with Crippen molar-refractivity contribution in [3.8, 4) is 6.07 Å². The van der Waals surface area contributed by atoms with Crippen LogP contribution in [0.5, 0.6) is 0 Å². The smallest absolute Gasteiger partial charge is 0.328 e. The van der Waals surface area contributed by atoms with Gasteiger partial charge in [-0.15, -0.1) is 0 Å². The van der Waals surface area contributed by atoms with Crippen LogP contribution in [0.15, 0.2) is 33.7 Å². The van der Waals surface area contributed by atoms with Crippen LogP contribution in [0, 0.1) is 11.3 Å². The van der Waals surface area contributed by atoms with Gasteiger partial charge >= 0.3 is 5.69 Å². The Labute approximate surface area is 208 Å². The lowest BCUT2D eigenvalue weighted by Gasteiger charge is -2.41. The van der Waals surface area contributed by atoms with Crippen LogP contribution in [0.2, 0.25) is 0 Å². The molecule has 11 nitrogen and oxygen atoms in total. The third kappa shape index (κ3) is 8.85. The van der Waals surface area contributed by atoms with Gasteiger partial charge in [-0.25, -0.2) is 9.46 Å². The molecule has 2 rings (SSSR count). The second-order valence-corrected chi connectivity index (χ2v) is 11.4. The van der Waals surface area contributed by atoms with Crippen LogP contribution in [-0.2, 0) is 22.8 Å². The van der Waals surface area contributed by atoms with Crippen molar-refractivity contribution < 1.29 is 22.8 Å². The highest BCUT2D eigenvalue weighted by Gasteiger charge is 2.37. The first-order chi connectivity index (χ1) is 16.7. The molecular formula is C22H36N4O7P2. The van der Waals surface area contributed by atoms with Crippen molar-refractivity contribution in [3.63, 3.8) is 0 Å². The van der Waals surface area contributed by atoms with Gasteiger partial charge in [0.15, 0.2) is 8.38 Å². The molecule has 1 fully saturated rings. The lowest BCUT2D eigenvalue weighted by Crippen LogP contribution is -2.44. The molecule has 13 heteroatoms. The Bertz CT molecular complexity index is 950. The fourth-order valence-corrected chi connectivity index (χ4v) is 6.20. The highest BCUT2D eigenvalue weighted by molar-refractivity contribution is 7.50. The van der Waals surface area contributed by atoms with E-state index in [4.69, 9.17) is 28.1 Å². The number of hydrogen-bond donors (Lipinski definition) is 1. The Morgan fingerprint density at radius 2 is 1.97 bits per heavy atom. The minimum atomic E-state index is -1.53. The number of nitriles is 1. The molecule has 4 atom stereocenters. The highest BCUT2D eigenvalue weighted by Crippen LogP contribution is 2.49. The van der Waals surface area contributed by atoms with Gasteiger partial charge < -0.3 is 22.8 Å². The zero-order chi connectivity index (χ0) is 26.0. The van der Waals surface area contributed by atoms with Crippen LogP contribution in [0.4, 0.5) is 0 Å². The molecule has 0 saturated carbocycles. The summed E-state index contributed by atoms with van der Waals surface area (Å²) >= 11 is 0. The SMILES string of the molecule is COP(/C=C/C1OCC(n2ccc(=O)[nH]c2=O)CC1OP(OCCC#N)N(C(C)C)C(C)C)OC. The standard InChI is InChI=1S/C22H36N4O7P2/c1-16(2)26(17(3)4)35(32-12-7-10-23)33-20-14-18(25-11-8-21(27)24-22(25)28)15-31-19(20)9-13-34(29-5)30-6/h8-9,11,13,16-20H,7,12,14-15H2,1-6H3,(H,24,27,28)/b13-9+. The van der Waals surface area contributed by atoms with E-state index < -0.39 is 40.4 Å². The molecule has 0 aliphatic carbocycles. The van der Waals surface area contributed by atoms with Crippen molar-refractivity contribution in [2.45, 2.75) is 70.9 Å². The normalized spacial score (nSPS) is 21.9. The number of hydrogen-bond acceptors (Lipinski definition) is 9. The second-order valence-electron chi connectivity index (χ2n) is 8.39. The van der Waals surface area contributed by atoms with E-state index in [2.05, 4.69) is 43.4 Å². The van der Waals surface area contributed by atoms with Crippen molar-refractivity contribution in [3.05, 3.63) is 45.0 Å². The molecule has 35 heavy (non-hydrogen) atoms. The fraction of sp³-hybridized carbons (Fsp3) is 0.682. The lowest BCUT2D eigenvalue weighted by atomic mass is 10.0. The number of aromatic amines is 1. The Kier molecular flexibility index (Phi) is 12.7. The molecular weight excluding hydrogens is 494 g/mol. The summed E-state index contributed by atoms with van der Waals surface area (Å²) in [5.74, 6) is 1.81. The number of rotatable bonds is 13. The van der Waals surface area contributed by atoms with Gasteiger partial charge in [0.1, 0.15) is 6.10 Å². The van der Waals surface area contributed by atoms with E-state index in [1.54, 1.807) is 14.2 Å². The maximum Gasteiger partial charge on any atom is 0.328 e. The Hall–Kier alpha value is -1.47. The second kappa shape index (κ2) is 14.9.